The van der Waals surface area contributed by atoms with E-state index in [2.05, 4.69) is 5.32 Å². The minimum Gasteiger partial charge on any atom is -0.325 e. The minimum absolute atomic E-state index is 0.139. The fourth-order valence-electron chi connectivity index (χ4n) is 2.22. The van der Waals surface area contributed by atoms with Crippen LogP contribution in [-0.2, 0) is 20.4 Å². The normalized spacial score (nSPS) is 11.0. The van der Waals surface area contributed by atoms with Crippen molar-refractivity contribution < 1.29 is 18.1 Å². The molecule has 8 heteroatoms. The molecule has 24 heavy (non-hydrogen) atoms. The first-order chi connectivity index (χ1) is 11.3. The molecule has 2 aromatic carbocycles. The second-order valence-corrected chi connectivity index (χ2v) is 7.34. The van der Waals surface area contributed by atoms with Crippen LogP contribution in [-0.4, -0.2) is 25.0 Å². The monoisotopic (exact) mass is 348 g/mol. The van der Waals surface area contributed by atoms with Crippen LogP contribution in [0.15, 0.2) is 48.5 Å². The van der Waals surface area contributed by atoms with Gasteiger partial charge in [-0.2, -0.15) is 0 Å². The molecule has 2 rings (SSSR count). The molecular weight excluding hydrogens is 332 g/mol. The minimum atomic E-state index is -3.64. The Labute approximate surface area is 139 Å². The molecule has 0 atom stereocenters. The van der Waals surface area contributed by atoms with Crippen LogP contribution in [0.4, 0.5) is 11.4 Å². The first-order valence-corrected chi connectivity index (χ1v) is 8.89. The van der Waals surface area contributed by atoms with Gasteiger partial charge in [0.2, 0.25) is 5.91 Å². The van der Waals surface area contributed by atoms with Crippen molar-refractivity contribution in [2.45, 2.75) is 12.7 Å². The highest BCUT2D eigenvalue weighted by molar-refractivity contribution is 7.91. The molecule has 126 valence electrons. The van der Waals surface area contributed by atoms with Gasteiger partial charge < -0.3 is 5.32 Å². The summed E-state index contributed by atoms with van der Waals surface area (Å²) in [6.45, 7) is 1.49. The van der Waals surface area contributed by atoms with Gasteiger partial charge in [0.25, 0.3) is 5.69 Å². The third-order valence-electron chi connectivity index (χ3n) is 3.36. The first-order valence-electron chi connectivity index (χ1n) is 7.07. The van der Waals surface area contributed by atoms with Crippen molar-refractivity contribution in [3.8, 4) is 0 Å². The summed E-state index contributed by atoms with van der Waals surface area (Å²) in [6.07, 6.45) is 0. The summed E-state index contributed by atoms with van der Waals surface area (Å²) in [6, 6.07) is 12.8. The zero-order chi connectivity index (χ0) is 17.7. The molecule has 0 radical (unpaired) electrons. The molecule has 0 bridgehead atoms. The Hall–Kier alpha value is -2.74. The Kier molecular flexibility index (Phi) is 5.30. The van der Waals surface area contributed by atoms with E-state index >= 15 is 0 Å². The molecule has 0 aliphatic rings. The zero-order valence-corrected chi connectivity index (χ0v) is 13.7. The maximum absolute atomic E-state index is 12.1. The SMILES string of the molecule is Cc1c(NC(=O)CS(=O)(=O)Cc2ccccc2)cccc1[N+](=O)[O-]. The van der Waals surface area contributed by atoms with Crippen LogP contribution in [0.25, 0.3) is 0 Å². The quantitative estimate of drug-likeness (QED) is 0.637. The van der Waals surface area contributed by atoms with Gasteiger partial charge in [0.05, 0.1) is 21.9 Å². The van der Waals surface area contributed by atoms with Crippen LogP contribution in [0, 0.1) is 17.0 Å². The van der Waals surface area contributed by atoms with E-state index in [1.165, 1.54) is 25.1 Å². The standard InChI is InChI=1S/C16H16N2O5S/c1-12-14(8-5-9-15(12)18(20)21)17-16(19)11-24(22,23)10-13-6-3-2-4-7-13/h2-9H,10-11H2,1H3,(H,17,19). The lowest BCUT2D eigenvalue weighted by atomic mass is 10.1. The molecule has 0 fully saturated rings. The number of nitro benzene ring substituents is 1. The second kappa shape index (κ2) is 7.22. The van der Waals surface area contributed by atoms with E-state index in [1.54, 1.807) is 30.3 Å². The number of carbonyl (C=O) groups excluding carboxylic acids is 1. The summed E-state index contributed by atoms with van der Waals surface area (Å²) < 4.78 is 24.2. The highest BCUT2D eigenvalue weighted by Gasteiger charge is 2.20. The van der Waals surface area contributed by atoms with Crippen LogP contribution in [0.5, 0.6) is 0 Å². The van der Waals surface area contributed by atoms with Gasteiger partial charge in [-0.25, -0.2) is 8.42 Å². The number of sulfone groups is 1. The first kappa shape index (κ1) is 17.6. The molecule has 0 aliphatic carbocycles. The average molecular weight is 348 g/mol. The van der Waals surface area contributed by atoms with E-state index in [-0.39, 0.29) is 22.7 Å². The number of anilines is 1. The highest BCUT2D eigenvalue weighted by Crippen LogP contribution is 2.25. The van der Waals surface area contributed by atoms with Crippen LogP contribution in [0.1, 0.15) is 11.1 Å². The molecule has 2 aromatic rings. The van der Waals surface area contributed by atoms with E-state index in [1.807, 2.05) is 0 Å². The van der Waals surface area contributed by atoms with E-state index in [9.17, 15) is 23.3 Å². The Morgan fingerprint density at radius 2 is 1.79 bits per heavy atom. The second-order valence-electron chi connectivity index (χ2n) is 5.27. The summed E-state index contributed by atoms with van der Waals surface area (Å²) in [5.41, 5.74) is 0.956. The predicted octanol–water partition coefficient (Wildman–Crippen LogP) is 2.46. The van der Waals surface area contributed by atoms with Gasteiger partial charge in [0.15, 0.2) is 9.84 Å². The molecule has 1 N–H and O–H groups in total. The van der Waals surface area contributed by atoms with Gasteiger partial charge in [0.1, 0.15) is 5.75 Å². The number of amides is 1. The molecule has 0 heterocycles. The lowest BCUT2D eigenvalue weighted by Gasteiger charge is -2.09. The van der Waals surface area contributed by atoms with Gasteiger partial charge in [-0.05, 0) is 18.6 Å². The fourth-order valence-corrected chi connectivity index (χ4v) is 3.50. The lowest BCUT2D eigenvalue weighted by Crippen LogP contribution is -2.24. The topological polar surface area (TPSA) is 106 Å². The van der Waals surface area contributed by atoms with Crippen LogP contribution in [0.3, 0.4) is 0 Å². The van der Waals surface area contributed by atoms with E-state index in [0.29, 0.717) is 5.56 Å². The maximum Gasteiger partial charge on any atom is 0.274 e. The maximum atomic E-state index is 12.1. The third kappa shape index (κ3) is 4.63. The predicted molar refractivity (Wildman–Crippen MR) is 90.4 cm³/mol. The Morgan fingerprint density at radius 1 is 1.12 bits per heavy atom. The van der Waals surface area contributed by atoms with Crippen LogP contribution < -0.4 is 5.32 Å². The van der Waals surface area contributed by atoms with E-state index in [0.717, 1.165) is 0 Å². The summed E-state index contributed by atoms with van der Waals surface area (Å²) in [5.74, 6) is -1.66. The lowest BCUT2D eigenvalue weighted by molar-refractivity contribution is -0.385. The Bertz CT molecular complexity index is 863. The van der Waals surface area contributed by atoms with Gasteiger partial charge in [-0.15, -0.1) is 0 Å². The number of nitrogens with one attached hydrogen (secondary N) is 1. The number of carbonyl (C=O) groups is 1. The van der Waals surface area contributed by atoms with Crippen molar-refractivity contribution in [2.75, 3.05) is 11.1 Å². The number of benzene rings is 2. The van der Waals surface area contributed by atoms with Crippen molar-refractivity contribution in [1.82, 2.24) is 0 Å². The molecule has 0 saturated carbocycles. The number of nitrogens with zero attached hydrogens (tertiary/aromatic N) is 1. The smallest absolute Gasteiger partial charge is 0.274 e. The summed E-state index contributed by atoms with van der Waals surface area (Å²) in [4.78, 5) is 22.3. The molecular formula is C16H16N2O5S. The largest absolute Gasteiger partial charge is 0.325 e. The van der Waals surface area contributed by atoms with Crippen molar-refractivity contribution in [3.05, 3.63) is 69.8 Å². The number of hydrogen-bond donors (Lipinski definition) is 1. The number of rotatable bonds is 6. The average Bonchev–Trinajstić information content (AvgIpc) is 2.49. The number of hydrogen-bond acceptors (Lipinski definition) is 5. The van der Waals surface area contributed by atoms with Crippen molar-refractivity contribution in [3.63, 3.8) is 0 Å². The highest BCUT2D eigenvalue weighted by atomic mass is 32.2. The third-order valence-corrected chi connectivity index (χ3v) is 4.83. The van der Waals surface area contributed by atoms with Crippen molar-refractivity contribution in [1.29, 1.82) is 0 Å². The van der Waals surface area contributed by atoms with Crippen LogP contribution in [0.2, 0.25) is 0 Å². The van der Waals surface area contributed by atoms with Crippen molar-refractivity contribution >= 4 is 27.1 Å². The molecule has 0 aliphatic heterocycles. The molecule has 1 amide bonds. The Morgan fingerprint density at radius 3 is 2.42 bits per heavy atom. The summed E-state index contributed by atoms with van der Waals surface area (Å²) in [7, 11) is -3.64. The molecule has 0 saturated heterocycles. The number of nitro groups is 1. The molecule has 7 nitrogen and oxygen atoms in total. The molecule has 0 unspecified atom stereocenters. The van der Waals surface area contributed by atoms with Gasteiger partial charge in [0, 0.05) is 6.07 Å². The van der Waals surface area contributed by atoms with Crippen molar-refractivity contribution in [2.24, 2.45) is 0 Å². The summed E-state index contributed by atoms with van der Waals surface area (Å²) in [5, 5.41) is 13.3. The zero-order valence-electron chi connectivity index (χ0n) is 12.9. The molecule has 0 aromatic heterocycles. The molecule has 0 spiro atoms. The van der Waals surface area contributed by atoms with E-state index in [4.69, 9.17) is 0 Å². The van der Waals surface area contributed by atoms with Gasteiger partial charge in [-0.3, -0.25) is 14.9 Å². The van der Waals surface area contributed by atoms with Crippen LogP contribution >= 0.6 is 0 Å². The Balaban J connectivity index is 2.08. The van der Waals surface area contributed by atoms with Gasteiger partial charge >= 0.3 is 0 Å². The van der Waals surface area contributed by atoms with E-state index < -0.39 is 26.4 Å². The summed E-state index contributed by atoms with van der Waals surface area (Å²) >= 11 is 0. The van der Waals surface area contributed by atoms with Gasteiger partial charge in [-0.1, -0.05) is 36.4 Å². The fraction of sp³-hybridized carbons (Fsp3) is 0.188.